The summed E-state index contributed by atoms with van der Waals surface area (Å²) in [6.45, 7) is 3.97. The van der Waals surface area contributed by atoms with Gasteiger partial charge in [-0.15, -0.1) is 0 Å². The summed E-state index contributed by atoms with van der Waals surface area (Å²) in [4.78, 5) is 25.8. The Balaban J connectivity index is 1.93. The lowest BCUT2D eigenvalue weighted by atomic mass is 9.90. The first-order chi connectivity index (χ1) is 10.9. The summed E-state index contributed by atoms with van der Waals surface area (Å²) in [6, 6.07) is 9.34. The van der Waals surface area contributed by atoms with Crippen molar-refractivity contribution in [1.29, 1.82) is 0 Å². The van der Waals surface area contributed by atoms with Crippen LogP contribution in [0.5, 0.6) is 0 Å². The van der Waals surface area contributed by atoms with Crippen molar-refractivity contribution >= 4 is 11.9 Å². The molecule has 6 nitrogen and oxygen atoms in total. The van der Waals surface area contributed by atoms with E-state index in [1.807, 2.05) is 30.3 Å². The molecule has 1 fully saturated rings. The fourth-order valence-corrected chi connectivity index (χ4v) is 2.88. The van der Waals surface area contributed by atoms with Gasteiger partial charge < -0.3 is 14.5 Å². The van der Waals surface area contributed by atoms with Gasteiger partial charge in [0.1, 0.15) is 17.0 Å². The first-order valence-electron chi connectivity index (χ1n) is 7.47. The van der Waals surface area contributed by atoms with Crippen molar-refractivity contribution in [2.24, 2.45) is 5.41 Å². The van der Waals surface area contributed by atoms with Crippen molar-refractivity contribution in [3.63, 3.8) is 0 Å². The maximum Gasteiger partial charge on any atom is 0.311 e. The Bertz CT molecular complexity index is 753. The van der Waals surface area contributed by atoms with Crippen molar-refractivity contribution in [2.45, 2.75) is 20.3 Å². The molecular formula is C17H18N2O4. The topological polar surface area (TPSA) is 83.6 Å². The Kier molecular flexibility index (Phi) is 3.67. The Morgan fingerprint density at radius 2 is 2.00 bits per heavy atom. The van der Waals surface area contributed by atoms with Crippen LogP contribution in [0.2, 0.25) is 0 Å². The molecule has 0 aliphatic carbocycles. The van der Waals surface area contributed by atoms with Gasteiger partial charge in [0.05, 0.1) is 5.41 Å². The van der Waals surface area contributed by atoms with E-state index in [9.17, 15) is 14.7 Å². The van der Waals surface area contributed by atoms with Crippen molar-refractivity contribution in [2.75, 3.05) is 13.1 Å². The van der Waals surface area contributed by atoms with Crippen LogP contribution in [-0.4, -0.2) is 40.1 Å². The Morgan fingerprint density at radius 3 is 2.61 bits per heavy atom. The van der Waals surface area contributed by atoms with E-state index in [0.29, 0.717) is 30.0 Å². The number of carbonyl (C=O) groups is 2. The van der Waals surface area contributed by atoms with E-state index in [-0.39, 0.29) is 12.5 Å². The molecule has 0 unspecified atom stereocenters. The predicted molar refractivity (Wildman–Crippen MR) is 82.9 cm³/mol. The van der Waals surface area contributed by atoms with Crippen molar-refractivity contribution < 1.29 is 19.2 Å². The zero-order chi connectivity index (χ0) is 16.6. The smallest absolute Gasteiger partial charge is 0.311 e. The average molecular weight is 314 g/mol. The number of amides is 1. The second-order valence-corrected chi connectivity index (χ2v) is 6.17. The molecule has 2 heterocycles. The van der Waals surface area contributed by atoms with Gasteiger partial charge in [-0.25, -0.2) is 0 Å². The van der Waals surface area contributed by atoms with E-state index in [0.717, 1.165) is 5.56 Å². The molecule has 6 heteroatoms. The standard InChI is InChI=1S/C17H18N2O4/c1-11-13(14(18-23-11)12-6-4-3-5-7-12)15(20)19-9-8-17(2,10-19)16(21)22/h3-7H,8-10H2,1-2H3,(H,21,22)/t17-/m1/s1. The minimum absolute atomic E-state index is 0.194. The molecule has 0 spiro atoms. The number of aryl methyl sites for hydroxylation is 1. The molecule has 0 saturated carbocycles. The summed E-state index contributed by atoms with van der Waals surface area (Å²) in [5, 5.41) is 13.3. The maximum atomic E-state index is 12.9. The van der Waals surface area contributed by atoms with Gasteiger partial charge in [-0.2, -0.15) is 0 Å². The summed E-state index contributed by atoms with van der Waals surface area (Å²) in [5.74, 6) is -0.663. The summed E-state index contributed by atoms with van der Waals surface area (Å²) < 4.78 is 5.22. The van der Waals surface area contributed by atoms with Crippen LogP contribution in [0.25, 0.3) is 11.3 Å². The van der Waals surface area contributed by atoms with Crippen LogP contribution in [-0.2, 0) is 4.79 Å². The highest BCUT2D eigenvalue weighted by Crippen LogP contribution is 2.33. The van der Waals surface area contributed by atoms with Crippen LogP contribution in [0.1, 0.15) is 29.5 Å². The average Bonchev–Trinajstić information content (AvgIpc) is 3.12. The first-order valence-corrected chi connectivity index (χ1v) is 7.47. The molecule has 23 heavy (non-hydrogen) atoms. The number of likely N-dealkylation sites (tertiary alicyclic amines) is 1. The second kappa shape index (κ2) is 5.53. The third kappa shape index (κ3) is 2.60. The molecule has 120 valence electrons. The summed E-state index contributed by atoms with van der Waals surface area (Å²) in [6.07, 6.45) is 0.444. The van der Waals surface area contributed by atoms with E-state index >= 15 is 0 Å². The van der Waals surface area contributed by atoms with Crippen LogP contribution >= 0.6 is 0 Å². The van der Waals surface area contributed by atoms with Crippen LogP contribution < -0.4 is 0 Å². The number of hydrogen-bond donors (Lipinski definition) is 1. The van der Waals surface area contributed by atoms with Crippen molar-refractivity contribution in [1.82, 2.24) is 10.1 Å². The molecule has 0 radical (unpaired) electrons. The summed E-state index contributed by atoms with van der Waals surface area (Å²) in [7, 11) is 0. The fourth-order valence-electron chi connectivity index (χ4n) is 2.88. The molecule has 1 atom stereocenters. The Labute approximate surface area is 133 Å². The molecule has 1 amide bonds. The molecule has 1 aromatic heterocycles. The normalized spacial score (nSPS) is 20.7. The number of aromatic nitrogens is 1. The number of carboxylic acids is 1. The van der Waals surface area contributed by atoms with Crippen molar-refractivity contribution in [3.05, 3.63) is 41.7 Å². The van der Waals surface area contributed by atoms with Crippen LogP contribution in [0, 0.1) is 12.3 Å². The fraction of sp³-hybridized carbons (Fsp3) is 0.353. The molecule has 1 aliphatic heterocycles. The third-order valence-corrected chi connectivity index (χ3v) is 4.40. The summed E-state index contributed by atoms with van der Waals surface area (Å²) >= 11 is 0. The molecule has 2 aromatic rings. The molecule has 1 saturated heterocycles. The molecule has 1 aromatic carbocycles. The lowest BCUT2D eigenvalue weighted by Gasteiger charge is -2.20. The number of hydrogen-bond acceptors (Lipinski definition) is 4. The van der Waals surface area contributed by atoms with Crippen molar-refractivity contribution in [3.8, 4) is 11.3 Å². The van der Waals surface area contributed by atoms with E-state index < -0.39 is 11.4 Å². The molecule has 0 bridgehead atoms. The number of carbonyl (C=O) groups excluding carboxylic acids is 1. The SMILES string of the molecule is Cc1onc(-c2ccccc2)c1C(=O)N1CC[C@@](C)(C(=O)O)C1. The lowest BCUT2D eigenvalue weighted by Crippen LogP contribution is -2.35. The molecular weight excluding hydrogens is 296 g/mol. The van der Waals surface area contributed by atoms with Crippen LogP contribution in [0.3, 0.4) is 0 Å². The van der Waals surface area contributed by atoms with Gasteiger partial charge in [0.2, 0.25) is 0 Å². The Hall–Kier alpha value is -2.63. The van der Waals surface area contributed by atoms with Gasteiger partial charge in [0.15, 0.2) is 0 Å². The number of carboxylic acid groups (broad SMARTS) is 1. The molecule has 1 aliphatic rings. The van der Waals surface area contributed by atoms with Crippen LogP contribution in [0.15, 0.2) is 34.9 Å². The zero-order valence-electron chi connectivity index (χ0n) is 13.1. The lowest BCUT2D eigenvalue weighted by molar-refractivity contribution is -0.147. The van der Waals surface area contributed by atoms with Gasteiger partial charge in [0.25, 0.3) is 5.91 Å². The largest absolute Gasteiger partial charge is 0.481 e. The van der Waals surface area contributed by atoms with E-state index in [1.54, 1.807) is 18.7 Å². The van der Waals surface area contributed by atoms with Gasteiger partial charge in [0, 0.05) is 18.7 Å². The van der Waals surface area contributed by atoms with E-state index in [1.165, 1.54) is 0 Å². The quantitative estimate of drug-likeness (QED) is 0.941. The van der Waals surface area contributed by atoms with Gasteiger partial charge in [-0.1, -0.05) is 35.5 Å². The first kappa shape index (κ1) is 15.3. The monoisotopic (exact) mass is 314 g/mol. The highest BCUT2D eigenvalue weighted by atomic mass is 16.5. The van der Waals surface area contributed by atoms with E-state index in [2.05, 4.69) is 5.16 Å². The van der Waals surface area contributed by atoms with Gasteiger partial charge >= 0.3 is 5.97 Å². The minimum atomic E-state index is -0.895. The minimum Gasteiger partial charge on any atom is -0.481 e. The van der Waals surface area contributed by atoms with Crippen LogP contribution in [0.4, 0.5) is 0 Å². The molecule has 1 N–H and O–H groups in total. The summed E-state index contributed by atoms with van der Waals surface area (Å²) in [5.41, 5.74) is 0.809. The van der Waals surface area contributed by atoms with E-state index in [4.69, 9.17) is 4.52 Å². The van der Waals surface area contributed by atoms with Gasteiger partial charge in [-0.05, 0) is 20.3 Å². The predicted octanol–water partition coefficient (Wildman–Crippen LogP) is 2.59. The Morgan fingerprint density at radius 1 is 1.30 bits per heavy atom. The highest BCUT2D eigenvalue weighted by molar-refractivity contribution is 6.01. The maximum absolute atomic E-state index is 12.9. The number of rotatable bonds is 3. The number of nitrogens with zero attached hydrogens (tertiary/aromatic N) is 2. The number of benzene rings is 1. The highest BCUT2D eigenvalue weighted by Gasteiger charge is 2.43. The second-order valence-electron chi connectivity index (χ2n) is 6.17. The number of aliphatic carboxylic acids is 1. The van der Waals surface area contributed by atoms with Gasteiger partial charge in [-0.3, -0.25) is 9.59 Å². The molecule has 3 rings (SSSR count). The zero-order valence-corrected chi connectivity index (χ0v) is 13.1. The third-order valence-electron chi connectivity index (χ3n) is 4.40.